The highest BCUT2D eigenvalue weighted by Crippen LogP contribution is 2.45. The van der Waals surface area contributed by atoms with Gasteiger partial charge in [0, 0.05) is 32.1 Å². The normalized spacial score (nSPS) is 15.7. The van der Waals surface area contributed by atoms with Crippen molar-refractivity contribution in [2.24, 2.45) is 0 Å². The fraction of sp³-hybridized carbons (Fsp3) is 0.478. The van der Waals surface area contributed by atoms with Crippen LogP contribution in [0.5, 0.6) is 40.2 Å². The molecule has 9 heteroatoms. The van der Waals surface area contributed by atoms with Crippen LogP contribution < -0.4 is 18.9 Å². The van der Waals surface area contributed by atoms with E-state index in [0.29, 0.717) is 94.7 Å². The number of phenolic OH excluding ortho intramolecular Hbond substituents is 3. The lowest BCUT2D eigenvalue weighted by Gasteiger charge is -2.28. The van der Waals surface area contributed by atoms with Crippen LogP contribution in [0.3, 0.4) is 0 Å². The lowest BCUT2D eigenvalue weighted by Crippen LogP contribution is -2.17. The first-order valence-corrected chi connectivity index (χ1v) is 28.2. The number of hydrogen-bond donors (Lipinski definition) is 3. The molecule has 9 nitrogen and oxygen atoms in total. The number of aromatic hydroxyl groups is 3. The van der Waals surface area contributed by atoms with Crippen LogP contribution in [-0.4, -0.2) is 68.2 Å². The predicted molar refractivity (Wildman–Crippen MR) is 315 cm³/mol. The molecule has 1 aliphatic heterocycles. The molecule has 6 aromatic rings. The number of rotatable bonds is 0. The maximum atomic E-state index is 12.9. The third-order valence-corrected chi connectivity index (χ3v) is 15.3. The molecule has 6 aromatic carbocycles. The molecule has 78 heavy (non-hydrogen) atoms. The molecule has 0 unspecified atom stereocenters. The van der Waals surface area contributed by atoms with Crippen LogP contribution in [0.4, 0.5) is 0 Å². The highest BCUT2D eigenvalue weighted by atomic mass is 16.6. The monoisotopic (exact) mass is 1060 g/mol. The number of hydrogen-bond acceptors (Lipinski definition) is 9. The fourth-order valence-corrected chi connectivity index (χ4v) is 10.4. The van der Waals surface area contributed by atoms with Gasteiger partial charge in [-0.15, -0.1) is 0 Å². The Bertz CT molecular complexity index is 2910. The van der Waals surface area contributed by atoms with Gasteiger partial charge in [-0.2, -0.15) is 0 Å². The summed E-state index contributed by atoms with van der Waals surface area (Å²) in [5.41, 5.74) is 12.3. The van der Waals surface area contributed by atoms with Gasteiger partial charge in [-0.25, -0.2) is 0 Å². The minimum Gasteiger partial charge on any atom is -0.507 e. The molecule has 12 bridgehead atoms. The van der Waals surface area contributed by atoms with Gasteiger partial charge in [-0.3, -0.25) is 0 Å². The molecule has 2 aliphatic rings. The zero-order valence-corrected chi connectivity index (χ0v) is 49.6. The first-order valence-electron chi connectivity index (χ1n) is 28.2. The van der Waals surface area contributed by atoms with Crippen LogP contribution in [0, 0.1) is 0 Å². The van der Waals surface area contributed by atoms with E-state index < -0.39 is 0 Å². The molecule has 3 N–H and O–H groups in total. The fourth-order valence-electron chi connectivity index (χ4n) is 10.4. The van der Waals surface area contributed by atoms with Crippen molar-refractivity contribution in [1.29, 1.82) is 0 Å². The summed E-state index contributed by atoms with van der Waals surface area (Å²) in [6, 6.07) is 29.4. The summed E-state index contributed by atoms with van der Waals surface area (Å²) in [5.74, 6) is 3.23. The van der Waals surface area contributed by atoms with E-state index >= 15 is 0 Å². The maximum absolute atomic E-state index is 12.9. The molecule has 8 rings (SSSR count). The standard InChI is InChI=1S/C69H88O9/c1-65(2,3)53-33-43-28-44-34-54(66(4,5)6)36-46(61(44)71)30-50-40-57(69(13,14)15)42-52-32-48-38-55(67(7,8)9)37-47(62(48)72)31-51-41-56(68(10,11)12)39-49(29-45(35-53)60(43)70)63(51)77-26-22-73-20-24-75-58-18-16-17-19-59(58)76-25-21-74-23-27-78-64(50)52/h16-19,33-42,70-72H,20-32H2,1-15H3. The molecule has 0 atom stereocenters. The Kier molecular flexibility index (Phi) is 17.0. The molecule has 0 radical (unpaired) electrons. The van der Waals surface area contributed by atoms with E-state index in [0.717, 1.165) is 83.5 Å². The number of benzene rings is 6. The Labute approximate surface area is 466 Å². The molecule has 418 valence electrons. The van der Waals surface area contributed by atoms with Gasteiger partial charge in [0.05, 0.1) is 26.4 Å². The molecular formula is C69H88O9. The van der Waals surface area contributed by atoms with Crippen LogP contribution in [0.1, 0.15) is 187 Å². The molecule has 0 amide bonds. The number of phenols is 3. The average Bonchev–Trinajstić information content (AvgIpc) is 3.49. The minimum atomic E-state index is -0.276. The van der Waals surface area contributed by atoms with Crippen molar-refractivity contribution in [1.82, 2.24) is 0 Å². The van der Waals surface area contributed by atoms with Gasteiger partial charge >= 0.3 is 0 Å². The maximum Gasteiger partial charge on any atom is 0.161 e. The van der Waals surface area contributed by atoms with Gasteiger partial charge in [0.15, 0.2) is 11.5 Å². The zero-order valence-electron chi connectivity index (χ0n) is 49.6. The number of ether oxygens (including phenoxy) is 6. The third-order valence-electron chi connectivity index (χ3n) is 15.3. The second-order valence-corrected chi connectivity index (χ2v) is 26.9. The van der Waals surface area contributed by atoms with Gasteiger partial charge in [0.2, 0.25) is 0 Å². The van der Waals surface area contributed by atoms with Crippen molar-refractivity contribution in [2.75, 3.05) is 52.9 Å². The van der Waals surface area contributed by atoms with Crippen molar-refractivity contribution in [3.05, 3.63) is 168 Å². The van der Waals surface area contributed by atoms with Crippen molar-refractivity contribution < 1.29 is 43.7 Å². The van der Waals surface area contributed by atoms with Crippen LogP contribution in [-0.2, 0) is 68.7 Å². The van der Waals surface area contributed by atoms with E-state index in [1.165, 1.54) is 0 Å². The van der Waals surface area contributed by atoms with Crippen LogP contribution in [0.15, 0.2) is 84.9 Å². The topological polar surface area (TPSA) is 116 Å². The molecule has 0 fully saturated rings. The quantitative estimate of drug-likeness (QED) is 0.137. The Balaban J connectivity index is 1.44. The zero-order chi connectivity index (χ0) is 56.5. The smallest absolute Gasteiger partial charge is 0.161 e. The second-order valence-electron chi connectivity index (χ2n) is 26.9. The van der Waals surface area contributed by atoms with Crippen LogP contribution in [0.25, 0.3) is 0 Å². The molecule has 0 spiro atoms. The average molecular weight is 1060 g/mol. The van der Waals surface area contributed by atoms with E-state index in [1.54, 1.807) is 0 Å². The molecule has 1 heterocycles. The molecule has 1 aliphatic carbocycles. The Morgan fingerprint density at radius 3 is 0.718 bits per heavy atom. The molecule has 0 saturated carbocycles. The van der Waals surface area contributed by atoms with Gasteiger partial charge in [-0.05, 0) is 123 Å². The third kappa shape index (κ3) is 13.8. The summed E-state index contributed by atoms with van der Waals surface area (Å²) in [4.78, 5) is 0. The minimum absolute atomic E-state index is 0.188. The van der Waals surface area contributed by atoms with Gasteiger partial charge in [-0.1, -0.05) is 177 Å². The summed E-state index contributed by atoms with van der Waals surface area (Å²) in [7, 11) is 0. The lowest BCUT2D eigenvalue weighted by atomic mass is 9.79. The SMILES string of the molecule is CC(C)(C)c1cc2c(O)c(c1)Cc1cc(C(C)(C)C)cc3c1OCCOCCOc1ccccc1OCCOCCOc1c(cc(C(C)(C)C)cc1Cc1cc(C(C)(C)C)cc(c1O)C3)Cc1cc(C(C)(C)C)cc(c1O)C2. The highest BCUT2D eigenvalue weighted by molar-refractivity contribution is 5.60. The number of para-hydroxylation sites is 2. The summed E-state index contributed by atoms with van der Waals surface area (Å²) in [5, 5.41) is 38.5. The van der Waals surface area contributed by atoms with Crippen molar-refractivity contribution >= 4 is 0 Å². The van der Waals surface area contributed by atoms with Gasteiger partial charge < -0.3 is 43.7 Å². The van der Waals surface area contributed by atoms with E-state index in [2.05, 4.69) is 165 Å². The van der Waals surface area contributed by atoms with Gasteiger partial charge in [0.1, 0.15) is 55.2 Å². The first-order chi connectivity index (χ1) is 36.5. The lowest BCUT2D eigenvalue weighted by molar-refractivity contribution is 0.0695. The molecule has 0 saturated heterocycles. The predicted octanol–water partition coefficient (Wildman–Crippen LogP) is 14.8. The van der Waals surface area contributed by atoms with Crippen molar-refractivity contribution in [2.45, 2.75) is 163 Å². The Morgan fingerprint density at radius 2 is 0.487 bits per heavy atom. The first kappa shape index (κ1) is 58.0. The number of fused-ring (bicyclic) bond motifs is 5. The van der Waals surface area contributed by atoms with E-state index in [9.17, 15) is 15.3 Å². The summed E-state index contributed by atoms with van der Waals surface area (Å²) in [6.07, 6.45) is 1.78. The summed E-state index contributed by atoms with van der Waals surface area (Å²) >= 11 is 0. The summed E-state index contributed by atoms with van der Waals surface area (Å²) in [6.45, 7) is 35.5. The highest BCUT2D eigenvalue weighted by Gasteiger charge is 2.29. The van der Waals surface area contributed by atoms with E-state index in [1.807, 2.05) is 24.3 Å². The van der Waals surface area contributed by atoms with E-state index in [-0.39, 0.29) is 57.5 Å². The second kappa shape index (κ2) is 22.9. The Hall–Kier alpha value is -6.16. The summed E-state index contributed by atoms with van der Waals surface area (Å²) < 4.78 is 38.7. The van der Waals surface area contributed by atoms with Gasteiger partial charge in [0.25, 0.3) is 0 Å². The van der Waals surface area contributed by atoms with Crippen molar-refractivity contribution in [3.63, 3.8) is 0 Å². The van der Waals surface area contributed by atoms with Crippen LogP contribution >= 0.6 is 0 Å². The van der Waals surface area contributed by atoms with Crippen molar-refractivity contribution in [3.8, 4) is 40.2 Å². The largest absolute Gasteiger partial charge is 0.507 e. The molecular weight excluding hydrogens is 973 g/mol. The van der Waals surface area contributed by atoms with E-state index in [4.69, 9.17) is 28.4 Å². The van der Waals surface area contributed by atoms with Crippen LogP contribution in [0.2, 0.25) is 0 Å². The molecule has 0 aromatic heterocycles. The Morgan fingerprint density at radius 1 is 0.282 bits per heavy atom.